The van der Waals surface area contributed by atoms with Crippen LogP contribution in [0.2, 0.25) is 0 Å². The third kappa shape index (κ3) is 4.10. The Morgan fingerprint density at radius 2 is 1.85 bits per heavy atom. The number of hydrogen-bond acceptors (Lipinski definition) is 5. The number of piperidine rings is 1. The summed E-state index contributed by atoms with van der Waals surface area (Å²) in [6.07, 6.45) is 3.52. The number of fused-ring (bicyclic) bond motifs is 1. The number of amides is 1. The molecule has 0 radical (unpaired) electrons. The molecule has 2 aliphatic heterocycles. The highest BCUT2D eigenvalue weighted by Gasteiger charge is 2.26. The summed E-state index contributed by atoms with van der Waals surface area (Å²) in [4.78, 5) is 19.9. The van der Waals surface area contributed by atoms with Crippen molar-refractivity contribution >= 4 is 29.2 Å². The number of carbonyl (C=O) groups is 1. The van der Waals surface area contributed by atoms with Crippen molar-refractivity contribution in [1.82, 2.24) is 19.3 Å². The first-order chi connectivity index (χ1) is 13.1. The largest absolute Gasteiger partial charge is 0.429 e. The van der Waals surface area contributed by atoms with E-state index in [2.05, 4.69) is 26.2 Å². The molecule has 1 aromatic heterocycles. The van der Waals surface area contributed by atoms with Crippen molar-refractivity contribution in [3.05, 3.63) is 29.1 Å². The molecule has 2 aliphatic rings. The van der Waals surface area contributed by atoms with Crippen molar-refractivity contribution in [3.63, 3.8) is 0 Å². The Labute approximate surface area is 165 Å². The Hall–Kier alpha value is -1.70. The van der Waals surface area contributed by atoms with Crippen LogP contribution in [0, 0.1) is 4.84 Å². The number of benzene rings is 1. The summed E-state index contributed by atoms with van der Waals surface area (Å²) in [7, 11) is 0. The average molecular weight is 389 g/mol. The molecule has 0 bridgehead atoms. The van der Waals surface area contributed by atoms with Crippen LogP contribution < -0.4 is 0 Å². The van der Waals surface area contributed by atoms with Crippen molar-refractivity contribution in [2.24, 2.45) is 0 Å². The number of rotatable bonds is 4. The Bertz CT molecular complexity index is 853. The van der Waals surface area contributed by atoms with Crippen molar-refractivity contribution < 1.29 is 9.21 Å². The molecule has 0 aliphatic carbocycles. The number of piperazine rings is 1. The van der Waals surface area contributed by atoms with Gasteiger partial charge in [0.2, 0.25) is 5.91 Å². The zero-order valence-corrected chi connectivity index (χ0v) is 16.8. The summed E-state index contributed by atoms with van der Waals surface area (Å²) >= 11 is 5.39. The van der Waals surface area contributed by atoms with Gasteiger partial charge in [0.05, 0.1) is 18.7 Å². The smallest absolute Gasteiger partial charge is 0.270 e. The maximum absolute atomic E-state index is 12.6. The fourth-order valence-corrected chi connectivity index (χ4v) is 4.43. The normalized spacial score (nSPS) is 22.4. The molecule has 0 saturated carbocycles. The van der Waals surface area contributed by atoms with E-state index in [1.165, 1.54) is 6.42 Å². The first-order valence-electron chi connectivity index (χ1n) is 9.94. The van der Waals surface area contributed by atoms with Crippen molar-refractivity contribution in [2.45, 2.75) is 38.9 Å². The van der Waals surface area contributed by atoms with Gasteiger partial charge in [-0.15, -0.1) is 0 Å². The third-order valence-electron chi connectivity index (χ3n) is 5.86. The van der Waals surface area contributed by atoms with Crippen LogP contribution in [0.3, 0.4) is 0 Å². The van der Waals surface area contributed by atoms with E-state index in [0.717, 1.165) is 63.3 Å². The highest BCUT2D eigenvalue weighted by molar-refractivity contribution is 7.71. The summed E-state index contributed by atoms with van der Waals surface area (Å²) in [6, 6.07) is 8.36. The number of oxazole rings is 1. The van der Waals surface area contributed by atoms with Gasteiger partial charge in [-0.05, 0) is 50.5 Å². The molecule has 1 atom stereocenters. The summed E-state index contributed by atoms with van der Waals surface area (Å²) in [6.45, 7) is 8.08. The zero-order chi connectivity index (χ0) is 18.8. The van der Waals surface area contributed by atoms with Gasteiger partial charge in [0, 0.05) is 38.8 Å². The van der Waals surface area contributed by atoms with Crippen LogP contribution in [0.4, 0.5) is 0 Å². The van der Waals surface area contributed by atoms with E-state index >= 15 is 0 Å². The molecule has 2 fully saturated rings. The topological polar surface area (TPSA) is 44.9 Å². The minimum Gasteiger partial charge on any atom is -0.429 e. The Morgan fingerprint density at radius 3 is 2.63 bits per heavy atom. The predicted molar refractivity (Wildman–Crippen MR) is 108 cm³/mol. The van der Waals surface area contributed by atoms with Crippen LogP contribution in [-0.2, 0) is 11.5 Å². The van der Waals surface area contributed by atoms with Gasteiger partial charge < -0.3 is 9.32 Å². The van der Waals surface area contributed by atoms with Crippen LogP contribution in [0.1, 0.15) is 26.2 Å². The number of likely N-dealkylation sites (tertiary alicyclic amines) is 1. The van der Waals surface area contributed by atoms with Gasteiger partial charge in [-0.2, -0.15) is 0 Å². The fourth-order valence-electron chi connectivity index (χ4n) is 4.19. The lowest BCUT2D eigenvalue weighted by Crippen LogP contribution is -2.52. The van der Waals surface area contributed by atoms with Gasteiger partial charge >= 0.3 is 0 Å². The zero-order valence-electron chi connectivity index (χ0n) is 16.0. The SMILES string of the molecule is C[C@@H]1CCCCN1C(=O)CN1CCN(Cn2c(=S)oc3ccccc32)CC1. The van der Waals surface area contributed by atoms with Gasteiger partial charge in [0.1, 0.15) is 0 Å². The van der Waals surface area contributed by atoms with E-state index in [9.17, 15) is 4.79 Å². The van der Waals surface area contributed by atoms with E-state index in [4.69, 9.17) is 16.6 Å². The summed E-state index contributed by atoms with van der Waals surface area (Å²) < 4.78 is 7.74. The number of nitrogens with zero attached hydrogens (tertiary/aromatic N) is 4. The van der Waals surface area contributed by atoms with Gasteiger partial charge in [-0.1, -0.05) is 12.1 Å². The lowest BCUT2D eigenvalue weighted by molar-refractivity contribution is -0.136. The molecule has 27 heavy (non-hydrogen) atoms. The molecule has 1 amide bonds. The molecule has 7 heteroatoms. The maximum atomic E-state index is 12.6. The Morgan fingerprint density at radius 1 is 1.11 bits per heavy atom. The van der Waals surface area contributed by atoms with Gasteiger partial charge in [0.25, 0.3) is 4.84 Å². The van der Waals surface area contributed by atoms with Crippen LogP contribution in [-0.4, -0.2) is 70.5 Å². The van der Waals surface area contributed by atoms with Crippen molar-refractivity contribution in [1.29, 1.82) is 0 Å². The van der Waals surface area contributed by atoms with Crippen LogP contribution in [0.15, 0.2) is 28.7 Å². The molecule has 0 unspecified atom stereocenters. The van der Waals surface area contributed by atoms with E-state index in [1.54, 1.807) is 0 Å². The summed E-state index contributed by atoms with van der Waals surface area (Å²) in [5, 5.41) is 0. The average Bonchev–Trinajstić information content (AvgIpc) is 2.99. The first kappa shape index (κ1) is 18.7. The van der Waals surface area contributed by atoms with Crippen LogP contribution >= 0.6 is 12.2 Å². The second-order valence-electron chi connectivity index (χ2n) is 7.73. The molecule has 3 heterocycles. The van der Waals surface area contributed by atoms with Crippen molar-refractivity contribution in [2.75, 3.05) is 39.3 Å². The monoisotopic (exact) mass is 388 g/mol. The quantitative estimate of drug-likeness (QED) is 0.754. The van der Waals surface area contributed by atoms with E-state index in [0.29, 0.717) is 23.3 Å². The lowest BCUT2D eigenvalue weighted by atomic mass is 10.0. The first-order valence-corrected chi connectivity index (χ1v) is 10.4. The molecule has 2 saturated heterocycles. The van der Waals surface area contributed by atoms with E-state index in [-0.39, 0.29) is 0 Å². The molecule has 4 rings (SSSR count). The molecule has 1 aromatic carbocycles. The Kier molecular flexibility index (Phi) is 5.61. The lowest BCUT2D eigenvalue weighted by Gasteiger charge is -2.38. The molecular formula is C20H28N4O2S. The third-order valence-corrected chi connectivity index (χ3v) is 6.17. The molecular weight excluding hydrogens is 360 g/mol. The number of hydrogen-bond donors (Lipinski definition) is 0. The molecule has 2 aromatic rings. The second kappa shape index (κ2) is 8.12. The molecule has 146 valence electrons. The molecule has 0 N–H and O–H groups in total. The van der Waals surface area contributed by atoms with Crippen LogP contribution in [0.5, 0.6) is 0 Å². The number of carbonyl (C=O) groups excluding carboxylic acids is 1. The van der Waals surface area contributed by atoms with Crippen molar-refractivity contribution in [3.8, 4) is 0 Å². The Balaban J connectivity index is 1.32. The van der Waals surface area contributed by atoms with Crippen LogP contribution in [0.25, 0.3) is 11.1 Å². The predicted octanol–water partition coefficient (Wildman–Crippen LogP) is 2.94. The van der Waals surface area contributed by atoms with Gasteiger partial charge in [0.15, 0.2) is 5.58 Å². The number of aromatic nitrogens is 1. The van der Waals surface area contributed by atoms with Gasteiger partial charge in [-0.25, -0.2) is 0 Å². The minimum absolute atomic E-state index is 0.290. The summed E-state index contributed by atoms with van der Waals surface area (Å²) in [5.74, 6) is 0.290. The number of para-hydroxylation sites is 2. The summed E-state index contributed by atoms with van der Waals surface area (Å²) in [5.41, 5.74) is 1.88. The maximum Gasteiger partial charge on any atom is 0.270 e. The standard InChI is InChI=1S/C20H28N4O2S/c1-16-6-4-5-9-23(16)19(25)14-21-10-12-22(13-11-21)15-24-17-7-2-3-8-18(17)26-20(24)27/h2-3,7-8,16H,4-6,9-15H2,1H3/t16-/m1/s1. The second-order valence-corrected chi connectivity index (χ2v) is 8.08. The fraction of sp³-hybridized carbons (Fsp3) is 0.600. The minimum atomic E-state index is 0.290. The van der Waals surface area contributed by atoms with E-state index < -0.39 is 0 Å². The van der Waals surface area contributed by atoms with Gasteiger partial charge in [-0.3, -0.25) is 19.2 Å². The highest BCUT2D eigenvalue weighted by atomic mass is 32.1. The van der Waals surface area contributed by atoms with E-state index in [1.807, 2.05) is 24.3 Å². The molecule has 0 spiro atoms. The highest BCUT2D eigenvalue weighted by Crippen LogP contribution is 2.19. The molecule has 6 nitrogen and oxygen atoms in total.